The van der Waals surface area contributed by atoms with Gasteiger partial charge in [-0.15, -0.1) is 0 Å². The van der Waals surface area contributed by atoms with E-state index in [0.29, 0.717) is 6.10 Å². The summed E-state index contributed by atoms with van der Waals surface area (Å²) in [6.07, 6.45) is 2.75. The molecule has 4 nitrogen and oxygen atoms in total. The lowest BCUT2D eigenvalue weighted by Crippen LogP contribution is -2.39. The predicted octanol–water partition coefficient (Wildman–Crippen LogP) is 2.35. The molecule has 1 unspecified atom stereocenters. The number of anilines is 1. The monoisotopic (exact) mass is 292 g/mol. The molecule has 1 aromatic rings. The van der Waals surface area contributed by atoms with E-state index in [1.165, 1.54) is 29.7 Å². The van der Waals surface area contributed by atoms with E-state index < -0.39 is 0 Å². The molecule has 118 valence electrons. The zero-order valence-corrected chi connectivity index (χ0v) is 13.5. The standard InChI is InChI=1S/C17H28N2O2/c1-14-11-16(19-9-4-5-17(13-19)21-3)7-6-15(14)12-18-8-10-20-2/h6-7,11,17-18H,4-5,8-10,12-13H2,1-3H3. The van der Waals surface area contributed by atoms with Crippen molar-refractivity contribution in [3.63, 3.8) is 0 Å². The number of piperidine rings is 1. The van der Waals surface area contributed by atoms with Crippen molar-refractivity contribution >= 4 is 5.69 Å². The van der Waals surface area contributed by atoms with Crippen molar-refractivity contribution in [3.05, 3.63) is 29.3 Å². The van der Waals surface area contributed by atoms with Crippen LogP contribution in [0.2, 0.25) is 0 Å². The minimum atomic E-state index is 0.370. The summed E-state index contributed by atoms with van der Waals surface area (Å²) in [7, 11) is 3.54. The van der Waals surface area contributed by atoms with Gasteiger partial charge in [0, 0.05) is 46.1 Å². The van der Waals surface area contributed by atoms with Gasteiger partial charge in [-0.05, 0) is 43.0 Å². The van der Waals surface area contributed by atoms with Crippen LogP contribution in [0, 0.1) is 6.92 Å². The second-order valence-corrected chi connectivity index (χ2v) is 5.73. The number of hydrogen-bond donors (Lipinski definition) is 1. The number of nitrogens with zero attached hydrogens (tertiary/aromatic N) is 1. The summed E-state index contributed by atoms with van der Waals surface area (Å²) in [4.78, 5) is 2.44. The maximum Gasteiger partial charge on any atom is 0.0746 e. The minimum Gasteiger partial charge on any atom is -0.383 e. The number of nitrogens with one attached hydrogen (secondary N) is 1. The van der Waals surface area contributed by atoms with Gasteiger partial charge in [-0.1, -0.05) is 6.07 Å². The van der Waals surface area contributed by atoms with E-state index in [4.69, 9.17) is 9.47 Å². The number of methoxy groups -OCH3 is 2. The molecule has 2 rings (SSSR count). The molecule has 4 heteroatoms. The van der Waals surface area contributed by atoms with Gasteiger partial charge >= 0.3 is 0 Å². The third-order valence-electron chi connectivity index (χ3n) is 4.20. The summed E-state index contributed by atoms with van der Waals surface area (Å²) in [5, 5.41) is 3.40. The fraction of sp³-hybridized carbons (Fsp3) is 0.647. The van der Waals surface area contributed by atoms with Crippen LogP contribution < -0.4 is 10.2 Å². The van der Waals surface area contributed by atoms with Crippen LogP contribution in [0.5, 0.6) is 0 Å². The van der Waals surface area contributed by atoms with Crippen LogP contribution in [-0.2, 0) is 16.0 Å². The predicted molar refractivity (Wildman–Crippen MR) is 87.0 cm³/mol. The van der Waals surface area contributed by atoms with Gasteiger partial charge in [-0.3, -0.25) is 0 Å². The van der Waals surface area contributed by atoms with Gasteiger partial charge < -0.3 is 19.7 Å². The van der Waals surface area contributed by atoms with Crippen molar-refractivity contribution in [3.8, 4) is 0 Å². The van der Waals surface area contributed by atoms with E-state index in [9.17, 15) is 0 Å². The number of benzene rings is 1. The van der Waals surface area contributed by atoms with Crippen LogP contribution in [0.25, 0.3) is 0 Å². The third-order valence-corrected chi connectivity index (χ3v) is 4.20. The summed E-state index contributed by atoms with van der Waals surface area (Å²) in [5.41, 5.74) is 4.02. The van der Waals surface area contributed by atoms with Gasteiger partial charge in [0.05, 0.1) is 12.7 Å². The molecule has 1 aromatic carbocycles. The average molecular weight is 292 g/mol. The lowest BCUT2D eigenvalue weighted by atomic mass is 10.0. The summed E-state index contributed by atoms with van der Waals surface area (Å²) < 4.78 is 10.6. The lowest BCUT2D eigenvalue weighted by molar-refractivity contribution is 0.0893. The van der Waals surface area contributed by atoms with Crippen LogP contribution in [0.4, 0.5) is 5.69 Å². The van der Waals surface area contributed by atoms with Gasteiger partial charge in [0.1, 0.15) is 0 Å². The average Bonchev–Trinajstić information content (AvgIpc) is 2.53. The first kappa shape index (κ1) is 16.3. The van der Waals surface area contributed by atoms with Crippen molar-refractivity contribution in [1.29, 1.82) is 0 Å². The molecule has 1 atom stereocenters. The first-order valence-corrected chi connectivity index (χ1v) is 7.81. The zero-order valence-electron chi connectivity index (χ0n) is 13.5. The van der Waals surface area contributed by atoms with Crippen molar-refractivity contribution < 1.29 is 9.47 Å². The van der Waals surface area contributed by atoms with E-state index in [1.54, 1.807) is 7.11 Å². The fourth-order valence-electron chi connectivity index (χ4n) is 2.84. The van der Waals surface area contributed by atoms with Crippen molar-refractivity contribution in [2.75, 3.05) is 45.4 Å². The molecule has 1 aliphatic rings. The fourth-order valence-corrected chi connectivity index (χ4v) is 2.84. The molecule has 0 amide bonds. The highest BCUT2D eigenvalue weighted by atomic mass is 16.5. The lowest BCUT2D eigenvalue weighted by Gasteiger charge is -2.34. The Balaban J connectivity index is 1.94. The van der Waals surface area contributed by atoms with Gasteiger partial charge in [0.25, 0.3) is 0 Å². The number of aryl methyl sites for hydroxylation is 1. The number of ether oxygens (including phenoxy) is 2. The Morgan fingerprint density at radius 1 is 1.33 bits per heavy atom. The topological polar surface area (TPSA) is 33.7 Å². The van der Waals surface area contributed by atoms with Crippen LogP contribution in [0.15, 0.2) is 18.2 Å². The maximum atomic E-state index is 5.51. The first-order chi connectivity index (χ1) is 10.2. The van der Waals surface area contributed by atoms with Crippen LogP contribution >= 0.6 is 0 Å². The molecule has 0 bridgehead atoms. The SMILES string of the molecule is COCCNCc1ccc(N2CCCC(OC)C2)cc1C. The van der Waals surface area contributed by atoms with E-state index in [0.717, 1.165) is 32.8 Å². The minimum absolute atomic E-state index is 0.370. The van der Waals surface area contributed by atoms with E-state index in [-0.39, 0.29) is 0 Å². The van der Waals surface area contributed by atoms with Crippen LogP contribution in [0.1, 0.15) is 24.0 Å². The summed E-state index contributed by atoms with van der Waals surface area (Å²) in [5.74, 6) is 0. The highest BCUT2D eigenvalue weighted by Crippen LogP contribution is 2.23. The van der Waals surface area contributed by atoms with Gasteiger partial charge in [-0.2, -0.15) is 0 Å². The van der Waals surface area contributed by atoms with Crippen molar-refractivity contribution in [2.45, 2.75) is 32.4 Å². The Kier molecular flexibility index (Phi) is 6.49. The van der Waals surface area contributed by atoms with Crippen LogP contribution in [-0.4, -0.2) is 46.6 Å². The van der Waals surface area contributed by atoms with Crippen LogP contribution in [0.3, 0.4) is 0 Å². The van der Waals surface area contributed by atoms with E-state index >= 15 is 0 Å². The Hall–Kier alpha value is -1.10. The molecule has 21 heavy (non-hydrogen) atoms. The normalized spacial score (nSPS) is 19.0. The highest BCUT2D eigenvalue weighted by molar-refractivity contribution is 5.51. The van der Waals surface area contributed by atoms with Crippen molar-refractivity contribution in [2.24, 2.45) is 0 Å². The number of hydrogen-bond acceptors (Lipinski definition) is 4. The first-order valence-electron chi connectivity index (χ1n) is 7.81. The Morgan fingerprint density at radius 2 is 2.19 bits per heavy atom. The molecule has 0 aliphatic carbocycles. The summed E-state index contributed by atoms with van der Waals surface area (Å²) >= 11 is 0. The molecule has 1 fully saturated rings. The second-order valence-electron chi connectivity index (χ2n) is 5.73. The van der Waals surface area contributed by atoms with Crippen molar-refractivity contribution in [1.82, 2.24) is 5.32 Å². The van der Waals surface area contributed by atoms with E-state index in [2.05, 4.69) is 35.3 Å². The second kappa shape index (κ2) is 8.37. The zero-order chi connectivity index (χ0) is 15.1. The Morgan fingerprint density at radius 3 is 2.90 bits per heavy atom. The largest absolute Gasteiger partial charge is 0.383 e. The van der Waals surface area contributed by atoms with E-state index in [1.807, 2.05) is 7.11 Å². The highest BCUT2D eigenvalue weighted by Gasteiger charge is 2.19. The van der Waals surface area contributed by atoms with Gasteiger partial charge in [-0.25, -0.2) is 0 Å². The molecule has 1 saturated heterocycles. The van der Waals surface area contributed by atoms with Gasteiger partial charge in [0.15, 0.2) is 0 Å². The molecule has 1 heterocycles. The molecule has 1 N–H and O–H groups in total. The Bertz CT molecular complexity index is 437. The molecular formula is C17H28N2O2. The van der Waals surface area contributed by atoms with Gasteiger partial charge in [0.2, 0.25) is 0 Å². The third kappa shape index (κ3) is 4.70. The molecular weight excluding hydrogens is 264 g/mol. The molecule has 0 aromatic heterocycles. The molecule has 1 aliphatic heterocycles. The quantitative estimate of drug-likeness (QED) is 0.782. The number of rotatable bonds is 7. The smallest absolute Gasteiger partial charge is 0.0746 e. The Labute approximate surface area is 128 Å². The molecule has 0 saturated carbocycles. The molecule has 0 spiro atoms. The summed E-state index contributed by atoms with van der Waals surface area (Å²) in [6, 6.07) is 6.77. The molecule has 0 radical (unpaired) electrons. The summed E-state index contributed by atoms with van der Waals surface area (Å²) in [6.45, 7) is 6.86. The maximum absolute atomic E-state index is 5.51.